The summed E-state index contributed by atoms with van der Waals surface area (Å²) in [6.45, 7) is 0. The van der Waals surface area contributed by atoms with Crippen LogP contribution in [0.3, 0.4) is 0 Å². The van der Waals surface area contributed by atoms with Crippen molar-refractivity contribution >= 4 is 28.4 Å². The molecule has 4 heteroatoms. The van der Waals surface area contributed by atoms with Crippen LogP contribution in [0.15, 0.2) is 24.3 Å². The number of hydrogen-bond acceptors (Lipinski definition) is 2. The van der Waals surface area contributed by atoms with E-state index in [2.05, 4.69) is 11.1 Å². The van der Waals surface area contributed by atoms with E-state index in [1.807, 2.05) is 18.2 Å². The fourth-order valence-corrected chi connectivity index (χ4v) is 1.44. The van der Waals surface area contributed by atoms with Crippen LogP contribution >= 0.6 is 11.6 Å². The number of nitrogens with two attached hydrogens (primary N) is 1. The molecule has 0 unspecified atom stereocenters. The lowest BCUT2D eigenvalue weighted by atomic mass is 10.2. The molecule has 69 valence electrons. The van der Waals surface area contributed by atoms with Crippen molar-refractivity contribution in [2.75, 3.05) is 0 Å². The van der Waals surface area contributed by atoms with Crippen molar-refractivity contribution in [2.24, 2.45) is 5.73 Å². The summed E-state index contributed by atoms with van der Waals surface area (Å²) < 4.78 is 0. The summed E-state index contributed by atoms with van der Waals surface area (Å²) in [5, 5.41) is 1.13. The first-order valence-electron chi connectivity index (χ1n) is 3.96. The Bertz CT molecular complexity index is 510. The van der Waals surface area contributed by atoms with Crippen molar-refractivity contribution in [1.82, 2.24) is 4.98 Å². The zero-order chi connectivity index (χ0) is 10.1. The number of primary amides is 1. The third kappa shape index (κ3) is 1.42. The average molecular weight is 206 g/mol. The van der Waals surface area contributed by atoms with Gasteiger partial charge in [-0.3, -0.25) is 4.79 Å². The smallest absolute Gasteiger partial charge is 0.268 e. The van der Waals surface area contributed by atoms with E-state index >= 15 is 0 Å². The fourth-order valence-electron chi connectivity index (χ4n) is 1.19. The van der Waals surface area contributed by atoms with Gasteiger partial charge in [-0.25, -0.2) is 4.98 Å². The highest BCUT2D eigenvalue weighted by molar-refractivity contribution is 6.35. The maximum Gasteiger partial charge on any atom is 0.268 e. The van der Waals surface area contributed by atoms with Gasteiger partial charge in [-0.15, -0.1) is 0 Å². The molecule has 1 radical (unpaired) electrons. The third-order valence-electron chi connectivity index (χ3n) is 1.83. The maximum absolute atomic E-state index is 10.9. The van der Waals surface area contributed by atoms with Crippen LogP contribution in [0.4, 0.5) is 0 Å². The Kier molecular flexibility index (Phi) is 2.09. The minimum Gasteiger partial charge on any atom is -0.364 e. The summed E-state index contributed by atoms with van der Waals surface area (Å²) in [7, 11) is 0. The molecule has 1 aromatic heterocycles. The van der Waals surface area contributed by atoms with Crippen LogP contribution < -0.4 is 5.73 Å². The number of aromatic nitrogens is 1. The highest BCUT2D eigenvalue weighted by atomic mass is 35.5. The summed E-state index contributed by atoms with van der Waals surface area (Å²) in [5.41, 5.74) is 5.79. The monoisotopic (exact) mass is 205 g/mol. The van der Waals surface area contributed by atoms with Crippen molar-refractivity contribution in [1.29, 1.82) is 0 Å². The number of hydrogen-bond donors (Lipinski definition) is 1. The Morgan fingerprint density at radius 1 is 1.43 bits per heavy atom. The normalized spacial score (nSPS) is 10.4. The number of carbonyl (C=O) groups excluding carboxylic acids is 1. The van der Waals surface area contributed by atoms with Gasteiger partial charge in [0.2, 0.25) is 0 Å². The molecule has 14 heavy (non-hydrogen) atoms. The SMILES string of the molecule is NC(=O)c1[c]c(Cl)c2ccccc2n1. The van der Waals surface area contributed by atoms with E-state index in [4.69, 9.17) is 17.3 Å². The van der Waals surface area contributed by atoms with Gasteiger partial charge in [0.15, 0.2) is 0 Å². The molecule has 0 bridgehead atoms. The number of fused-ring (bicyclic) bond motifs is 1. The van der Waals surface area contributed by atoms with Crippen LogP contribution in [-0.4, -0.2) is 10.9 Å². The van der Waals surface area contributed by atoms with Gasteiger partial charge < -0.3 is 5.73 Å². The third-order valence-corrected chi connectivity index (χ3v) is 2.13. The lowest BCUT2D eigenvalue weighted by molar-refractivity contribution is 0.0995. The number of rotatable bonds is 1. The predicted molar refractivity (Wildman–Crippen MR) is 54.1 cm³/mol. The number of para-hydroxylation sites is 1. The van der Waals surface area contributed by atoms with Crippen LogP contribution in [-0.2, 0) is 0 Å². The molecule has 0 atom stereocenters. The Hall–Kier alpha value is -1.61. The second-order valence-corrected chi connectivity index (χ2v) is 3.16. The molecule has 2 N–H and O–H groups in total. The van der Waals surface area contributed by atoms with Crippen LogP contribution in [0.2, 0.25) is 5.02 Å². The Morgan fingerprint density at radius 3 is 2.86 bits per heavy atom. The van der Waals surface area contributed by atoms with Crippen LogP contribution in [0.25, 0.3) is 10.9 Å². The van der Waals surface area contributed by atoms with E-state index in [1.54, 1.807) is 6.07 Å². The molecule has 2 aromatic rings. The first-order valence-corrected chi connectivity index (χ1v) is 4.33. The van der Waals surface area contributed by atoms with E-state index in [0.717, 1.165) is 5.39 Å². The van der Waals surface area contributed by atoms with E-state index in [-0.39, 0.29) is 5.69 Å². The van der Waals surface area contributed by atoms with E-state index in [1.165, 1.54) is 0 Å². The molecule has 0 spiro atoms. The minimum atomic E-state index is -0.627. The molecule has 0 fully saturated rings. The summed E-state index contributed by atoms with van der Waals surface area (Å²) in [5.74, 6) is -0.627. The van der Waals surface area contributed by atoms with Crippen LogP contribution in [0.1, 0.15) is 10.5 Å². The lowest BCUT2D eigenvalue weighted by Crippen LogP contribution is -2.13. The number of amides is 1. The second kappa shape index (κ2) is 3.27. The van der Waals surface area contributed by atoms with Gasteiger partial charge in [-0.2, -0.15) is 0 Å². The van der Waals surface area contributed by atoms with Crippen molar-refractivity contribution < 1.29 is 4.79 Å². The molecule has 0 aliphatic heterocycles. The molecule has 3 nitrogen and oxygen atoms in total. The number of benzene rings is 1. The van der Waals surface area contributed by atoms with Crippen molar-refractivity contribution in [3.05, 3.63) is 41.0 Å². The molecule has 1 heterocycles. The Labute approximate surface area is 85.5 Å². The largest absolute Gasteiger partial charge is 0.364 e. The molecular formula is C10H6ClN2O. The zero-order valence-corrected chi connectivity index (χ0v) is 7.88. The molecule has 0 saturated heterocycles. The van der Waals surface area contributed by atoms with Gasteiger partial charge in [0.25, 0.3) is 5.91 Å². The number of pyridine rings is 1. The first kappa shape index (κ1) is 8.97. The molecule has 0 aliphatic carbocycles. The van der Waals surface area contributed by atoms with Gasteiger partial charge in [-0.1, -0.05) is 29.8 Å². The standard InChI is InChI=1S/C10H6ClN2O/c11-7-5-9(10(12)14)13-8-4-2-1-3-6(7)8/h1-4H,(H2,12,14). The highest BCUT2D eigenvalue weighted by Gasteiger charge is 2.07. The average Bonchev–Trinajstić information content (AvgIpc) is 2.17. The second-order valence-electron chi connectivity index (χ2n) is 2.78. The Morgan fingerprint density at radius 2 is 2.14 bits per heavy atom. The van der Waals surface area contributed by atoms with E-state index in [0.29, 0.717) is 10.5 Å². The van der Waals surface area contributed by atoms with Crippen LogP contribution in [0, 0.1) is 6.07 Å². The van der Waals surface area contributed by atoms with Gasteiger partial charge in [0.05, 0.1) is 10.5 Å². The van der Waals surface area contributed by atoms with E-state index in [9.17, 15) is 4.79 Å². The summed E-state index contributed by atoms with van der Waals surface area (Å²) in [4.78, 5) is 14.9. The molecule has 2 rings (SSSR count). The van der Waals surface area contributed by atoms with Gasteiger partial charge in [-0.05, 0) is 6.07 Å². The summed E-state index contributed by atoms with van der Waals surface area (Å²) in [6, 6.07) is 9.86. The van der Waals surface area contributed by atoms with Crippen molar-refractivity contribution in [3.63, 3.8) is 0 Å². The quantitative estimate of drug-likeness (QED) is 0.772. The summed E-state index contributed by atoms with van der Waals surface area (Å²) >= 11 is 5.90. The number of halogens is 1. The molecule has 0 aliphatic rings. The zero-order valence-electron chi connectivity index (χ0n) is 7.12. The Balaban J connectivity index is 2.78. The van der Waals surface area contributed by atoms with Gasteiger partial charge >= 0.3 is 0 Å². The number of nitrogens with zero attached hydrogens (tertiary/aromatic N) is 1. The molecule has 1 aromatic carbocycles. The van der Waals surface area contributed by atoms with Crippen molar-refractivity contribution in [3.8, 4) is 0 Å². The molecule has 1 amide bonds. The van der Waals surface area contributed by atoms with Crippen molar-refractivity contribution in [2.45, 2.75) is 0 Å². The fraction of sp³-hybridized carbons (Fsp3) is 0. The lowest BCUT2D eigenvalue weighted by Gasteiger charge is -2.00. The predicted octanol–water partition coefficient (Wildman–Crippen LogP) is 1.79. The van der Waals surface area contributed by atoms with Gasteiger partial charge in [0, 0.05) is 11.5 Å². The maximum atomic E-state index is 10.9. The molecular weight excluding hydrogens is 200 g/mol. The molecule has 0 saturated carbocycles. The minimum absolute atomic E-state index is 0.0636. The first-order chi connectivity index (χ1) is 6.68. The van der Waals surface area contributed by atoms with Gasteiger partial charge in [0.1, 0.15) is 5.69 Å². The number of carbonyl (C=O) groups is 1. The van der Waals surface area contributed by atoms with E-state index < -0.39 is 5.91 Å². The summed E-state index contributed by atoms with van der Waals surface area (Å²) in [6.07, 6.45) is 0. The highest BCUT2D eigenvalue weighted by Crippen LogP contribution is 2.21. The van der Waals surface area contributed by atoms with Crippen LogP contribution in [0.5, 0.6) is 0 Å². The topological polar surface area (TPSA) is 56.0 Å².